The molecule has 1 rings (SSSR count). The Labute approximate surface area is 67.9 Å². The van der Waals surface area contributed by atoms with Crippen molar-refractivity contribution in [1.29, 1.82) is 0 Å². The molecule has 2 heteroatoms. The largest absolute Gasteiger partial charge is 0.466 e. The average Bonchev–Trinajstić information content (AvgIpc) is 2.07. The fraction of sp³-hybridized carbons (Fsp3) is 0.778. The van der Waals surface area contributed by atoms with Gasteiger partial charge in [-0.2, -0.15) is 0 Å². The maximum Gasteiger partial charge on any atom is 0.308 e. The molecule has 1 radical (unpaired) electrons. The zero-order valence-electron chi connectivity index (χ0n) is 7.01. The summed E-state index contributed by atoms with van der Waals surface area (Å²) in [5.41, 5.74) is 0. The molecule has 0 unspecified atom stereocenters. The smallest absolute Gasteiger partial charge is 0.308 e. The van der Waals surface area contributed by atoms with Crippen molar-refractivity contribution >= 4 is 5.97 Å². The van der Waals surface area contributed by atoms with Crippen LogP contribution in [0.2, 0.25) is 0 Å². The molecule has 1 fully saturated rings. The average molecular weight is 155 g/mol. The number of carbonyl (C=O) groups excluding carboxylic acids is 1. The first kappa shape index (κ1) is 8.57. The number of hydrogen-bond donors (Lipinski definition) is 0. The van der Waals surface area contributed by atoms with Crippen LogP contribution >= 0.6 is 0 Å². The standard InChI is InChI=1S/C9H15O2/c1-2-11-9(10)8-6-4-3-5-7-8/h3,8H,2,4-7H2,1H3. The number of rotatable bonds is 2. The van der Waals surface area contributed by atoms with Gasteiger partial charge in [0.15, 0.2) is 0 Å². The molecular formula is C9H15O2. The van der Waals surface area contributed by atoms with Gasteiger partial charge in [-0.25, -0.2) is 0 Å². The van der Waals surface area contributed by atoms with E-state index in [0.29, 0.717) is 6.61 Å². The van der Waals surface area contributed by atoms with Crippen molar-refractivity contribution in [3.8, 4) is 0 Å². The monoisotopic (exact) mass is 155 g/mol. The van der Waals surface area contributed by atoms with Gasteiger partial charge in [-0.1, -0.05) is 0 Å². The Hall–Kier alpha value is -0.530. The molecule has 1 aliphatic rings. The summed E-state index contributed by atoms with van der Waals surface area (Å²) in [4.78, 5) is 11.2. The highest BCUT2D eigenvalue weighted by atomic mass is 16.5. The first-order chi connectivity index (χ1) is 5.34. The van der Waals surface area contributed by atoms with Crippen LogP contribution in [0.5, 0.6) is 0 Å². The molecule has 1 aliphatic carbocycles. The van der Waals surface area contributed by atoms with Gasteiger partial charge in [0.05, 0.1) is 12.5 Å². The Balaban J connectivity index is 2.27. The van der Waals surface area contributed by atoms with Crippen molar-refractivity contribution in [2.75, 3.05) is 6.61 Å². The molecule has 0 aliphatic heterocycles. The van der Waals surface area contributed by atoms with Crippen molar-refractivity contribution in [1.82, 2.24) is 0 Å². The molecule has 0 amide bonds. The van der Waals surface area contributed by atoms with Gasteiger partial charge in [0, 0.05) is 0 Å². The van der Waals surface area contributed by atoms with E-state index >= 15 is 0 Å². The van der Waals surface area contributed by atoms with Gasteiger partial charge in [0.1, 0.15) is 0 Å². The molecule has 0 aromatic carbocycles. The minimum Gasteiger partial charge on any atom is -0.466 e. The second-order valence-corrected chi connectivity index (χ2v) is 2.89. The van der Waals surface area contributed by atoms with E-state index in [9.17, 15) is 4.79 Å². The van der Waals surface area contributed by atoms with E-state index in [1.807, 2.05) is 6.92 Å². The maximum atomic E-state index is 11.2. The van der Waals surface area contributed by atoms with Gasteiger partial charge in [-0.15, -0.1) is 0 Å². The molecular weight excluding hydrogens is 140 g/mol. The highest BCUT2D eigenvalue weighted by molar-refractivity contribution is 5.72. The highest BCUT2D eigenvalue weighted by Crippen LogP contribution is 2.23. The van der Waals surface area contributed by atoms with E-state index < -0.39 is 0 Å². The lowest BCUT2D eigenvalue weighted by Gasteiger charge is -2.18. The normalized spacial score (nSPS) is 19.7. The Bertz CT molecular complexity index is 126. The lowest BCUT2D eigenvalue weighted by Crippen LogP contribution is -2.20. The summed E-state index contributed by atoms with van der Waals surface area (Å²) >= 11 is 0. The van der Waals surface area contributed by atoms with E-state index in [-0.39, 0.29) is 11.9 Å². The summed E-state index contributed by atoms with van der Waals surface area (Å²) < 4.78 is 4.93. The van der Waals surface area contributed by atoms with Crippen LogP contribution in [0.4, 0.5) is 0 Å². The topological polar surface area (TPSA) is 26.3 Å². The number of ether oxygens (including phenoxy) is 1. The molecule has 0 saturated heterocycles. The van der Waals surface area contributed by atoms with Gasteiger partial charge < -0.3 is 4.74 Å². The maximum absolute atomic E-state index is 11.2. The van der Waals surface area contributed by atoms with Crippen molar-refractivity contribution < 1.29 is 9.53 Å². The summed E-state index contributed by atoms with van der Waals surface area (Å²) in [6.45, 7) is 2.37. The quantitative estimate of drug-likeness (QED) is 0.570. The van der Waals surface area contributed by atoms with Crippen LogP contribution in [-0.2, 0) is 9.53 Å². The molecule has 0 spiro atoms. The summed E-state index contributed by atoms with van der Waals surface area (Å²) in [6, 6.07) is 0. The van der Waals surface area contributed by atoms with Crippen molar-refractivity contribution in [2.24, 2.45) is 5.92 Å². The van der Waals surface area contributed by atoms with Crippen LogP contribution in [0.15, 0.2) is 0 Å². The van der Waals surface area contributed by atoms with Crippen LogP contribution in [0.1, 0.15) is 32.6 Å². The van der Waals surface area contributed by atoms with E-state index in [4.69, 9.17) is 4.74 Å². The molecule has 0 bridgehead atoms. The van der Waals surface area contributed by atoms with E-state index in [1.54, 1.807) is 0 Å². The summed E-state index contributed by atoms with van der Waals surface area (Å²) in [7, 11) is 0. The Morgan fingerprint density at radius 2 is 2.18 bits per heavy atom. The van der Waals surface area contributed by atoms with Crippen LogP contribution in [0.25, 0.3) is 0 Å². The molecule has 0 atom stereocenters. The highest BCUT2D eigenvalue weighted by Gasteiger charge is 2.21. The molecule has 0 aromatic rings. The third kappa shape index (κ3) is 2.52. The molecule has 0 N–H and O–H groups in total. The Kier molecular flexibility index (Phi) is 3.40. The minimum absolute atomic E-state index is 0.000556. The molecule has 11 heavy (non-hydrogen) atoms. The lowest BCUT2D eigenvalue weighted by molar-refractivity contribution is -0.148. The van der Waals surface area contributed by atoms with E-state index in [2.05, 4.69) is 6.42 Å². The summed E-state index contributed by atoms with van der Waals surface area (Å²) in [6.07, 6.45) is 6.36. The molecule has 0 heterocycles. The minimum atomic E-state index is 0.000556. The van der Waals surface area contributed by atoms with Gasteiger partial charge in [-0.3, -0.25) is 4.79 Å². The summed E-state index contributed by atoms with van der Waals surface area (Å²) in [5, 5.41) is 0. The van der Waals surface area contributed by atoms with E-state index in [1.165, 1.54) is 0 Å². The van der Waals surface area contributed by atoms with Gasteiger partial charge in [0.2, 0.25) is 0 Å². The lowest BCUT2D eigenvalue weighted by atomic mass is 9.89. The Morgan fingerprint density at radius 3 is 2.73 bits per heavy atom. The second kappa shape index (κ2) is 4.37. The molecule has 0 aromatic heterocycles. The zero-order chi connectivity index (χ0) is 8.10. The Morgan fingerprint density at radius 1 is 1.55 bits per heavy atom. The number of carbonyl (C=O) groups is 1. The number of hydrogen-bond acceptors (Lipinski definition) is 2. The second-order valence-electron chi connectivity index (χ2n) is 2.89. The number of esters is 1. The summed E-state index contributed by atoms with van der Waals surface area (Å²) in [5.74, 6) is 0.181. The van der Waals surface area contributed by atoms with Crippen LogP contribution < -0.4 is 0 Å². The van der Waals surface area contributed by atoms with Crippen molar-refractivity contribution in [2.45, 2.75) is 32.6 Å². The van der Waals surface area contributed by atoms with Crippen molar-refractivity contribution in [3.63, 3.8) is 0 Å². The third-order valence-corrected chi connectivity index (χ3v) is 2.06. The first-order valence-corrected chi connectivity index (χ1v) is 4.33. The predicted octanol–water partition coefficient (Wildman–Crippen LogP) is 1.94. The first-order valence-electron chi connectivity index (χ1n) is 4.33. The van der Waals surface area contributed by atoms with Gasteiger partial charge >= 0.3 is 5.97 Å². The predicted molar refractivity (Wildman–Crippen MR) is 42.9 cm³/mol. The van der Waals surface area contributed by atoms with Crippen LogP contribution in [0.3, 0.4) is 0 Å². The molecule has 2 nitrogen and oxygen atoms in total. The van der Waals surface area contributed by atoms with Crippen LogP contribution in [-0.4, -0.2) is 12.6 Å². The molecule has 1 saturated carbocycles. The van der Waals surface area contributed by atoms with Crippen molar-refractivity contribution in [3.05, 3.63) is 6.42 Å². The van der Waals surface area contributed by atoms with E-state index in [0.717, 1.165) is 25.7 Å². The fourth-order valence-electron chi connectivity index (χ4n) is 1.42. The SMILES string of the molecule is CCOC(=O)C1CC[CH]CC1. The van der Waals surface area contributed by atoms with Gasteiger partial charge in [0.25, 0.3) is 0 Å². The van der Waals surface area contributed by atoms with Gasteiger partial charge in [-0.05, 0) is 39.0 Å². The molecule has 63 valence electrons. The third-order valence-electron chi connectivity index (χ3n) is 2.06. The fourth-order valence-corrected chi connectivity index (χ4v) is 1.42. The zero-order valence-corrected chi connectivity index (χ0v) is 7.01. The van der Waals surface area contributed by atoms with Crippen LogP contribution in [0, 0.1) is 12.3 Å².